The first kappa shape index (κ1) is 40.0. The van der Waals surface area contributed by atoms with Crippen molar-refractivity contribution in [1.29, 1.82) is 0 Å². The van der Waals surface area contributed by atoms with E-state index in [1.807, 2.05) is 26.8 Å². The van der Waals surface area contributed by atoms with E-state index >= 15 is 0 Å². The summed E-state index contributed by atoms with van der Waals surface area (Å²) in [7, 11) is -0.243. The van der Waals surface area contributed by atoms with Crippen LogP contribution in [0.2, 0.25) is 43.8 Å². The summed E-state index contributed by atoms with van der Waals surface area (Å²) in [6, 6.07) is 4.25. The fraction of sp³-hybridized carbons (Fsp3) is 0.686. The second kappa shape index (κ2) is 16.8. The predicted molar refractivity (Wildman–Crippen MR) is 188 cm³/mol. The van der Waals surface area contributed by atoms with Crippen molar-refractivity contribution >= 4 is 28.4 Å². The number of esters is 1. The van der Waals surface area contributed by atoms with Gasteiger partial charge in [0.05, 0.1) is 19.8 Å². The van der Waals surface area contributed by atoms with Crippen molar-refractivity contribution in [2.24, 2.45) is 5.92 Å². The summed E-state index contributed by atoms with van der Waals surface area (Å²) in [5.74, 6) is 5.52. The molecule has 1 N–H and O–H groups in total. The summed E-state index contributed by atoms with van der Waals surface area (Å²) in [4.78, 5) is 13.4. The van der Waals surface area contributed by atoms with E-state index in [0.29, 0.717) is 36.7 Å². The average Bonchev–Trinajstić information content (AvgIpc) is 3.25. The molecule has 46 heavy (non-hydrogen) atoms. The van der Waals surface area contributed by atoms with Crippen LogP contribution in [0.15, 0.2) is 18.2 Å². The fourth-order valence-corrected chi connectivity index (χ4v) is 6.19. The molecule has 260 valence electrons. The Kier molecular flexibility index (Phi) is 14.6. The van der Waals surface area contributed by atoms with E-state index in [-0.39, 0.29) is 23.3 Å². The lowest BCUT2D eigenvalue weighted by atomic mass is 10.0. The van der Waals surface area contributed by atoms with Crippen LogP contribution in [0.25, 0.3) is 6.08 Å². The zero-order valence-electron chi connectivity index (χ0n) is 30.4. The van der Waals surface area contributed by atoms with E-state index in [9.17, 15) is 9.90 Å². The van der Waals surface area contributed by atoms with Crippen LogP contribution < -0.4 is 9.47 Å². The van der Waals surface area contributed by atoms with Crippen molar-refractivity contribution < 1.29 is 42.7 Å². The zero-order valence-corrected chi connectivity index (χ0v) is 32.4. The van der Waals surface area contributed by atoms with Gasteiger partial charge in [-0.05, 0) is 63.0 Å². The highest BCUT2D eigenvalue weighted by Gasteiger charge is 2.44. The number of benzene rings is 1. The number of hydrogen-bond donors (Lipinski definition) is 1. The Morgan fingerprint density at radius 1 is 1.11 bits per heavy atom. The number of carbonyl (C=O) groups is 1. The molecule has 9 nitrogen and oxygen atoms in total. The number of aliphatic hydroxyl groups is 1. The smallest absolute Gasteiger partial charge is 0.342 e. The minimum atomic E-state index is -1.90. The van der Waals surface area contributed by atoms with Crippen LogP contribution in [0.3, 0.4) is 0 Å². The molecule has 11 heteroatoms. The first-order valence-electron chi connectivity index (χ1n) is 16.1. The molecule has 2 rings (SSSR count). The molecule has 1 aromatic carbocycles. The van der Waals surface area contributed by atoms with E-state index < -0.39 is 46.5 Å². The minimum Gasteiger partial charge on any atom is -0.497 e. The van der Waals surface area contributed by atoms with Gasteiger partial charge in [-0.1, -0.05) is 64.4 Å². The predicted octanol–water partition coefficient (Wildman–Crippen LogP) is 7.12. The number of methoxy groups -OCH3 is 2. The highest BCUT2D eigenvalue weighted by Crippen LogP contribution is 2.37. The van der Waals surface area contributed by atoms with Crippen LogP contribution in [-0.4, -0.2) is 85.8 Å². The van der Waals surface area contributed by atoms with Gasteiger partial charge in [-0.2, -0.15) is 0 Å². The van der Waals surface area contributed by atoms with Crippen molar-refractivity contribution in [3.63, 3.8) is 0 Å². The Morgan fingerprint density at radius 3 is 2.37 bits per heavy atom. The van der Waals surface area contributed by atoms with Crippen LogP contribution in [0.5, 0.6) is 11.5 Å². The monoisotopic (exact) mass is 678 g/mol. The molecule has 0 saturated carbocycles. The van der Waals surface area contributed by atoms with E-state index in [4.69, 9.17) is 32.8 Å². The van der Waals surface area contributed by atoms with E-state index in [1.54, 1.807) is 25.3 Å². The van der Waals surface area contributed by atoms with E-state index in [2.05, 4.69) is 65.3 Å². The largest absolute Gasteiger partial charge is 0.497 e. The SMILES string of the molecule is COCOc1cc(OC)cc(/C=C/C[C@@H]2OC(C)(C)OC2C(O)C#C[C@@H](C)CO[Si](C)(C)C(C)(C)C)c1C(=O)OCC[Si](C)(C)C. The molecular weight excluding hydrogens is 621 g/mol. The van der Waals surface area contributed by atoms with Gasteiger partial charge in [-0.25, -0.2) is 4.79 Å². The molecule has 2 unspecified atom stereocenters. The van der Waals surface area contributed by atoms with Gasteiger partial charge in [0.25, 0.3) is 0 Å². The summed E-state index contributed by atoms with van der Waals surface area (Å²) in [5.41, 5.74) is 0.846. The number of ether oxygens (including phenoxy) is 6. The van der Waals surface area contributed by atoms with Crippen LogP contribution in [0.1, 0.15) is 63.9 Å². The molecule has 1 aliphatic rings. The first-order valence-corrected chi connectivity index (χ1v) is 22.7. The van der Waals surface area contributed by atoms with E-state index in [1.165, 1.54) is 7.11 Å². The van der Waals surface area contributed by atoms with Crippen molar-refractivity contribution in [3.8, 4) is 23.3 Å². The molecule has 0 bridgehead atoms. The number of aliphatic hydroxyl groups excluding tert-OH is 1. The average molecular weight is 679 g/mol. The lowest BCUT2D eigenvalue weighted by Gasteiger charge is -2.36. The Bertz CT molecular complexity index is 1240. The van der Waals surface area contributed by atoms with E-state index in [0.717, 1.165) is 6.04 Å². The highest BCUT2D eigenvalue weighted by molar-refractivity contribution is 6.76. The van der Waals surface area contributed by atoms with Crippen molar-refractivity contribution in [1.82, 2.24) is 0 Å². The van der Waals surface area contributed by atoms with Crippen LogP contribution in [0, 0.1) is 17.8 Å². The Labute approximate surface area is 279 Å². The van der Waals surface area contributed by atoms with Crippen molar-refractivity contribution in [2.75, 3.05) is 34.2 Å². The second-order valence-corrected chi connectivity index (χ2v) is 25.5. The molecular formula is C35H58O9Si2. The normalized spacial score (nSPS) is 19.8. The number of hydrogen-bond acceptors (Lipinski definition) is 9. The Morgan fingerprint density at radius 2 is 1.78 bits per heavy atom. The van der Waals surface area contributed by atoms with Gasteiger partial charge in [0.15, 0.2) is 20.9 Å². The van der Waals surface area contributed by atoms with Gasteiger partial charge in [0, 0.05) is 33.8 Å². The van der Waals surface area contributed by atoms with Crippen LogP contribution in [0.4, 0.5) is 0 Å². The summed E-state index contributed by atoms with van der Waals surface area (Å²) < 4.78 is 40.6. The lowest BCUT2D eigenvalue weighted by molar-refractivity contribution is -0.151. The van der Waals surface area contributed by atoms with Gasteiger partial charge >= 0.3 is 5.97 Å². The molecule has 1 saturated heterocycles. The third kappa shape index (κ3) is 12.5. The maximum Gasteiger partial charge on any atom is 0.342 e. The standard InChI is InChI=1S/C35H58O9Si2/c1-25(23-42-46(12,13)34(2,3)4)17-18-28(36)32-29(43-35(5,6)44-32)16-14-15-26-21-27(39-8)22-30(41-24-38-7)31(26)33(37)40-19-20-45(9,10)11/h14-15,21-22,25,28-29,32,36H,16,19-20,23-24H2,1-13H3/b15-14+/t25-,28?,29+,32?/m1/s1. The molecule has 4 atom stereocenters. The van der Waals surface area contributed by atoms with Crippen LogP contribution in [-0.2, 0) is 23.4 Å². The second-order valence-electron chi connectivity index (χ2n) is 15.1. The third-order valence-electron chi connectivity index (χ3n) is 8.14. The fourth-order valence-electron chi connectivity index (χ4n) is 4.38. The number of rotatable bonds is 15. The Hall–Kier alpha value is -2.18. The summed E-state index contributed by atoms with van der Waals surface area (Å²) in [6.45, 7) is 24.2. The van der Waals surface area contributed by atoms with Gasteiger partial charge in [-0.3, -0.25) is 0 Å². The summed E-state index contributed by atoms with van der Waals surface area (Å²) in [5, 5.41) is 11.2. The highest BCUT2D eigenvalue weighted by atomic mass is 28.4. The maximum absolute atomic E-state index is 13.4. The summed E-state index contributed by atoms with van der Waals surface area (Å²) >= 11 is 0. The topological polar surface area (TPSA) is 102 Å². The summed E-state index contributed by atoms with van der Waals surface area (Å²) in [6.07, 6.45) is 1.88. The number of carbonyl (C=O) groups excluding carboxylic acids is 1. The first-order chi connectivity index (χ1) is 21.2. The molecule has 0 amide bonds. The Balaban J connectivity index is 2.26. The third-order valence-corrected chi connectivity index (χ3v) is 14.3. The molecule has 0 radical (unpaired) electrons. The van der Waals surface area contributed by atoms with Gasteiger partial charge in [0.1, 0.15) is 29.3 Å². The molecule has 0 aliphatic carbocycles. The van der Waals surface area contributed by atoms with Crippen LogP contribution >= 0.6 is 0 Å². The van der Waals surface area contributed by atoms with Gasteiger partial charge < -0.3 is 38.0 Å². The maximum atomic E-state index is 13.4. The quantitative estimate of drug-likeness (QED) is 0.0900. The van der Waals surface area contributed by atoms with Gasteiger partial charge in [0.2, 0.25) is 0 Å². The molecule has 1 aliphatic heterocycles. The lowest BCUT2D eigenvalue weighted by Crippen LogP contribution is -2.41. The van der Waals surface area contributed by atoms with Gasteiger partial charge in [-0.15, -0.1) is 0 Å². The zero-order chi connectivity index (χ0) is 34.9. The molecule has 1 fully saturated rings. The minimum absolute atomic E-state index is 0.0462. The molecule has 0 spiro atoms. The van der Waals surface area contributed by atoms with Crippen molar-refractivity contribution in [3.05, 3.63) is 29.3 Å². The molecule has 0 aromatic heterocycles. The molecule has 1 aromatic rings. The van der Waals surface area contributed by atoms with Crippen molar-refractivity contribution in [2.45, 2.75) is 116 Å². The molecule has 1 heterocycles.